The number of hydrogen-bond donors (Lipinski definition) is 4. The molecule has 5 N–H and O–H groups in total. The summed E-state index contributed by atoms with van der Waals surface area (Å²) < 4.78 is 55.3. The molecule has 0 heterocycles. The van der Waals surface area contributed by atoms with Gasteiger partial charge < -0.3 is 21.1 Å². The molecule has 0 aromatic rings. The van der Waals surface area contributed by atoms with Gasteiger partial charge in [0.15, 0.2) is 0 Å². The molecule has 3 rings (SSSR count). The van der Waals surface area contributed by atoms with Crippen LogP contribution in [0.4, 0.5) is 8.78 Å². The summed E-state index contributed by atoms with van der Waals surface area (Å²) in [5, 5.41) is 15.4. The van der Waals surface area contributed by atoms with Crippen molar-refractivity contribution in [1.82, 2.24) is 20.1 Å². The van der Waals surface area contributed by atoms with Crippen LogP contribution >= 0.6 is 0 Å². The summed E-state index contributed by atoms with van der Waals surface area (Å²) in [6, 6.07) is -0.946. The van der Waals surface area contributed by atoms with Crippen molar-refractivity contribution in [3.8, 4) is 0 Å². The van der Waals surface area contributed by atoms with Crippen LogP contribution in [0.1, 0.15) is 117 Å². The molecule has 0 aromatic heterocycles. The van der Waals surface area contributed by atoms with E-state index in [2.05, 4.69) is 10.1 Å². The molecule has 0 aliphatic heterocycles. The number of aliphatic hydroxyl groups excluding tert-OH is 1. The average Bonchev–Trinajstić information content (AvgIpc) is 3.03. The van der Waals surface area contributed by atoms with E-state index in [0.29, 0.717) is 38.9 Å². The fourth-order valence-electron chi connectivity index (χ4n) is 7.98. The van der Waals surface area contributed by atoms with E-state index in [1.807, 2.05) is 20.8 Å². The first-order chi connectivity index (χ1) is 22.8. The number of alkyl halides is 2. The van der Waals surface area contributed by atoms with E-state index in [1.165, 1.54) is 5.01 Å². The third kappa shape index (κ3) is 12.2. The van der Waals surface area contributed by atoms with Crippen molar-refractivity contribution < 1.29 is 36.7 Å². The van der Waals surface area contributed by atoms with Crippen LogP contribution in [0.15, 0.2) is 0 Å². The van der Waals surface area contributed by atoms with Crippen LogP contribution in [0, 0.1) is 23.7 Å². The Hall–Kier alpha value is -1.90. The van der Waals surface area contributed by atoms with Gasteiger partial charge in [0, 0.05) is 50.4 Å². The zero-order valence-electron chi connectivity index (χ0n) is 29.3. The number of hydrogen-bond acceptors (Lipinski definition) is 7. The molecule has 3 saturated carbocycles. The standard InChI is InChI=1S/C34H61F2N5O6S/c1-4-12-40(13-5-2)34(45)26-19-24(32(37)43)18-25(20-26)33(44)38-30(17-23-15-27(35)21-28(36)16-23)31(42)22-41(14-6-3)39-48(46,47)29-10-8-7-9-11-29/h23-31,39,42H,4-22H2,1-3H3,(H2,37,43)(H,38,44). The predicted octanol–water partition coefficient (Wildman–Crippen LogP) is 3.74. The molecule has 0 saturated heterocycles. The van der Waals surface area contributed by atoms with Gasteiger partial charge in [-0.05, 0) is 76.5 Å². The van der Waals surface area contributed by atoms with Crippen LogP contribution in [0.2, 0.25) is 0 Å². The first-order valence-electron chi connectivity index (χ1n) is 18.4. The molecule has 14 heteroatoms. The van der Waals surface area contributed by atoms with Crippen LogP contribution in [-0.4, -0.2) is 97.1 Å². The summed E-state index contributed by atoms with van der Waals surface area (Å²) in [6.45, 7) is 7.16. The van der Waals surface area contributed by atoms with Gasteiger partial charge in [0.1, 0.15) is 12.3 Å². The van der Waals surface area contributed by atoms with Crippen molar-refractivity contribution in [3.05, 3.63) is 0 Å². The molecule has 11 nitrogen and oxygen atoms in total. The summed E-state index contributed by atoms with van der Waals surface area (Å²) in [5.41, 5.74) is 5.70. The normalized spacial score (nSPS) is 28.5. The molecule has 3 amide bonds. The minimum atomic E-state index is -3.70. The van der Waals surface area contributed by atoms with Gasteiger partial charge in [-0.3, -0.25) is 14.4 Å². The average molecular weight is 706 g/mol. The van der Waals surface area contributed by atoms with E-state index in [9.17, 15) is 36.7 Å². The zero-order chi connectivity index (χ0) is 35.4. The Labute approximate surface area is 286 Å². The number of hydrazine groups is 1. The number of primary amides is 1. The maximum atomic E-state index is 14.4. The summed E-state index contributed by atoms with van der Waals surface area (Å²) >= 11 is 0. The molecule has 7 unspecified atom stereocenters. The largest absolute Gasteiger partial charge is 0.390 e. The third-order valence-electron chi connectivity index (χ3n) is 10.3. The Morgan fingerprint density at radius 1 is 0.833 bits per heavy atom. The smallest absolute Gasteiger partial charge is 0.227 e. The fourth-order valence-corrected chi connectivity index (χ4v) is 9.61. The quantitative estimate of drug-likeness (QED) is 0.158. The Balaban J connectivity index is 1.81. The predicted molar refractivity (Wildman–Crippen MR) is 181 cm³/mol. The van der Waals surface area contributed by atoms with Gasteiger partial charge in [0.05, 0.1) is 17.4 Å². The van der Waals surface area contributed by atoms with Crippen molar-refractivity contribution in [1.29, 1.82) is 0 Å². The van der Waals surface area contributed by atoms with Crippen molar-refractivity contribution in [2.75, 3.05) is 26.2 Å². The second-order valence-electron chi connectivity index (χ2n) is 14.6. The second kappa shape index (κ2) is 19.5. The molecule has 48 heavy (non-hydrogen) atoms. The molecule has 278 valence electrons. The Morgan fingerprint density at radius 2 is 1.40 bits per heavy atom. The first-order valence-corrected chi connectivity index (χ1v) is 19.9. The van der Waals surface area contributed by atoms with Crippen LogP contribution in [-0.2, 0) is 24.4 Å². The maximum absolute atomic E-state index is 14.4. The van der Waals surface area contributed by atoms with E-state index in [1.54, 1.807) is 4.90 Å². The Kier molecular flexibility index (Phi) is 16.4. The minimum absolute atomic E-state index is 0.0954. The van der Waals surface area contributed by atoms with E-state index in [4.69, 9.17) is 5.73 Å². The lowest BCUT2D eigenvalue weighted by molar-refractivity contribution is -0.141. The number of amides is 3. The Bertz CT molecular complexity index is 1130. The van der Waals surface area contributed by atoms with Crippen LogP contribution < -0.4 is 15.9 Å². The highest BCUT2D eigenvalue weighted by molar-refractivity contribution is 7.90. The topological polar surface area (TPSA) is 162 Å². The third-order valence-corrected chi connectivity index (χ3v) is 12.2. The molecule has 3 fully saturated rings. The first kappa shape index (κ1) is 40.5. The number of carbonyl (C=O) groups is 3. The molecule has 3 aliphatic rings. The number of halogens is 2. The number of aliphatic hydroxyl groups is 1. The fraction of sp³-hybridized carbons (Fsp3) is 0.912. The van der Waals surface area contributed by atoms with Gasteiger partial charge in [-0.1, -0.05) is 40.0 Å². The maximum Gasteiger partial charge on any atom is 0.227 e. The molecule has 0 radical (unpaired) electrons. The molecule has 0 aromatic carbocycles. The number of carbonyl (C=O) groups excluding carboxylic acids is 3. The lowest BCUT2D eigenvalue weighted by Gasteiger charge is -2.37. The van der Waals surface area contributed by atoms with E-state index in [-0.39, 0.29) is 57.4 Å². The molecule has 0 bridgehead atoms. The molecular weight excluding hydrogens is 644 g/mol. The summed E-state index contributed by atoms with van der Waals surface area (Å²) in [6.07, 6.45) is 2.75. The van der Waals surface area contributed by atoms with Crippen molar-refractivity contribution in [2.24, 2.45) is 29.4 Å². The SMILES string of the molecule is CCCN(CC(O)C(CC1CC(F)CC(F)C1)NC(=O)C1CC(C(N)=O)CC(C(=O)N(CCC)CCC)C1)NS(=O)(=O)C1CCCCC1. The number of nitrogens with two attached hydrogens (primary N) is 1. The highest BCUT2D eigenvalue weighted by Gasteiger charge is 2.41. The molecule has 0 spiro atoms. The lowest BCUT2D eigenvalue weighted by Crippen LogP contribution is -2.55. The summed E-state index contributed by atoms with van der Waals surface area (Å²) in [5.74, 6) is -3.58. The summed E-state index contributed by atoms with van der Waals surface area (Å²) in [7, 11) is -3.70. The van der Waals surface area contributed by atoms with Gasteiger partial charge >= 0.3 is 0 Å². The molecule has 7 atom stereocenters. The van der Waals surface area contributed by atoms with Gasteiger partial charge in [0.25, 0.3) is 0 Å². The highest BCUT2D eigenvalue weighted by atomic mass is 32.2. The van der Waals surface area contributed by atoms with Crippen molar-refractivity contribution >= 4 is 27.7 Å². The van der Waals surface area contributed by atoms with E-state index in [0.717, 1.165) is 32.1 Å². The van der Waals surface area contributed by atoms with Gasteiger partial charge in [-0.2, -0.15) is 0 Å². The van der Waals surface area contributed by atoms with E-state index >= 15 is 0 Å². The van der Waals surface area contributed by atoms with Crippen molar-refractivity contribution in [2.45, 2.75) is 147 Å². The molecule has 3 aliphatic carbocycles. The number of nitrogens with one attached hydrogen (secondary N) is 2. The monoisotopic (exact) mass is 705 g/mol. The van der Waals surface area contributed by atoms with Crippen LogP contribution in [0.25, 0.3) is 0 Å². The summed E-state index contributed by atoms with van der Waals surface area (Å²) in [4.78, 5) is 44.3. The lowest BCUT2D eigenvalue weighted by atomic mass is 9.73. The second-order valence-corrected chi connectivity index (χ2v) is 16.5. The van der Waals surface area contributed by atoms with Crippen LogP contribution in [0.3, 0.4) is 0 Å². The van der Waals surface area contributed by atoms with Crippen molar-refractivity contribution in [3.63, 3.8) is 0 Å². The number of sulfonamides is 1. The van der Waals surface area contributed by atoms with Gasteiger partial charge in [-0.15, -0.1) is 4.83 Å². The highest BCUT2D eigenvalue weighted by Crippen LogP contribution is 2.36. The zero-order valence-corrected chi connectivity index (χ0v) is 30.1. The van der Waals surface area contributed by atoms with Gasteiger partial charge in [0.2, 0.25) is 27.7 Å². The molecular formula is C34H61F2N5O6S. The number of rotatable bonds is 18. The Morgan fingerprint density at radius 3 is 1.96 bits per heavy atom. The van der Waals surface area contributed by atoms with Gasteiger partial charge in [-0.25, -0.2) is 22.2 Å². The minimum Gasteiger partial charge on any atom is -0.390 e. The van der Waals surface area contributed by atoms with Crippen LogP contribution in [0.5, 0.6) is 0 Å². The number of nitrogens with zero attached hydrogens (tertiary/aromatic N) is 2. The van der Waals surface area contributed by atoms with E-state index < -0.39 is 75.2 Å².